The first-order chi connectivity index (χ1) is 10.2. The topological polar surface area (TPSA) is 21.3 Å². The number of halogens is 2. The van der Waals surface area contributed by atoms with Crippen molar-refractivity contribution in [1.82, 2.24) is 0 Å². The Bertz CT molecular complexity index is 481. The smallest absolute Gasteiger partial charge is 0.147 e. The van der Waals surface area contributed by atoms with E-state index in [1.54, 1.807) is 6.07 Å². The van der Waals surface area contributed by atoms with Gasteiger partial charge in [0.2, 0.25) is 0 Å². The number of para-hydroxylation sites is 1. The molecule has 2 unspecified atom stereocenters. The minimum atomic E-state index is -0.185. The van der Waals surface area contributed by atoms with Crippen LogP contribution in [0.5, 0.6) is 0 Å². The minimum Gasteiger partial charge on any atom is -0.378 e. The SMILES string of the molecule is CCOC1CC(Nc2c(F)cccc2Br)C12CCCCC2. The van der Waals surface area contributed by atoms with E-state index in [-0.39, 0.29) is 11.2 Å². The van der Waals surface area contributed by atoms with E-state index in [9.17, 15) is 4.39 Å². The first-order valence-corrected chi connectivity index (χ1v) is 8.79. The summed E-state index contributed by atoms with van der Waals surface area (Å²) in [5.74, 6) is -0.185. The van der Waals surface area contributed by atoms with Crippen molar-refractivity contribution in [1.29, 1.82) is 0 Å². The summed E-state index contributed by atoms with van der Waals surface area (Å²) in [6.07, 6.45) is 7.56. The van der Waals surface area contributed by atoms with Crippen LogP contribution in [0.4, 0.5) is 10.1 Å². The lowest BCUT2D eigenvalue weighted by Crippen LogP contribution is -2.62. The van der Waals surface area contributed by atoms with Crippen molar-refractivity contribution >= 4 is 21.6 Å². The van der Waals surface area contributed by atoms with Gasteiger partial charge in [0.15, 0.2) is 0 Å². The Labute approximate surface area is 134 Å². The van der Waals surface area contributed by atoms with Gasteiger partial charge in [-0.1, -0.05) is 25.3 Å². The van der Waals surface area contributed by atoms with Crippen LogP contribution in [0.15, 0.2) is 22.7 Å². The molecule has 1 aromatic carbocycles. The molecule has 0 aliphatic heterocycles. The summed E-state index contributed by atoms with van der Waals surface area (Å²) in [6, 6.07) is 5.45. The Morgan fingerprint density at radius 2 is 2.10 bits per heavy atom. The van der Waals surface area contributed by atoms with E-state index >= 15 is 0 Å². The van der Waals surface area contributed by atoms with Crippen molar-refractivity contribution in [2.24, 2.45) is 5.41 Å². The molecule has 0 aromatic heterocycles. The van der Waals surface area contributed by atoms with Gasteiger partial charge >= 0.3 is 0 Å². The zero-order valence-corrected chi connectivity index (χ0v) is 14.1. The fraction of sp³-hybridized carbons (Fsp3) is 0.647. The van der Waals surface area contributed by atoms with E-state index < -0.39 is 0 Å². The normalized spacial score (nSPS) is 27.4. The first kappa shape index (κ1) is 15.3. The number of hydrogen-bond donors (Lipinski definition) is 1. The predicted octanol–water partition coefficient (Wildman–Crippen LogP) is 5.13. The van der Waals surface area contributed by atoms with Crippen LogP contribution < -0.4 is 5.32 Å². The van der Waals surface area contributed by atoms with Crippen molar-refractivity contribution in [3.8, 4) is 0 Å². The molecule has 0 saturated heterocycles. The van der Waals surface area contributed by atoms with Crippen LogP contribution in [0.1, 0.15) is 45.4 Å². The summed E-state index contributed by atoms with van der Waals surface area (Å²) in [6.45, 7) is 2.83. The van der Waals surface area contributed by atoms with E-state index in [1.165, 1.54) is 38.2 Å². The molecule has 0 bridgehead atoms. The van der Waals surface area contributed by atoms with Crippen LogP contribution in [0.2, 0.25) is 0 Å². The van der Waals surface area contributed by atoms with E-state index in [1.807, 2.05) is 6.07 Å². The molecule has 2 saturated carbocycles. The highest BCUT2D eigenvalue weighted by Gasteiger charge is 2.55. The fourth-order valence-corrected chi connectivity index (χ4v) is 4.53. The molecular weight excluding hydrogens is 333 g/mol. The molecule has 2 aliphatic rings. The van der Waals surface area contributed by atoms with Gasteiger partial charge in [-0.2, -0.15) is 0 Å². The summed E-state index contributed by atoms with van der Waals surface area (Å²) >= 11 is 3.45. The average molecular weight is 356 g/mol. The lowest BCUT2D eigenvalue weighted by molar-refractivity contribution is -0.134. The lowest BCUT2D eigenvalue weighted by Gasteiger charge is -2.58. The highest BCUT2D eigenvalue weighted by Crippen LogP contribution is 2.54. The van der Waals surface area contributed by atoms with Crippen LogP contribution in [0.3, 0.4) is 0 Å². The molecular formula is C17H23BrFNO. The average Bonchev–Trinajstić information content (AvgIpc) is 2.50. The molecule has 1 aromatic rings. The molecule has 2 fully saturated rings. The van der Waals surface area contributed by atoms with E-state index in [0.29, 0.717) is 17.8 Å². The van der Waals surface area contributed by atoms with Crippen LogP contribution in [-0.4, -0.2) is 18.8 Å². The number of rotatable bonds is 4. The Kier molecular flexibility index (Phi) is 4.55. The number of benzene rings is 1. The number of ether oxygens (including phenoxy) is 1. The zero-order valence-electron chi connectivity index (χ0n) is 12.5. The summed E-state index contributed by atoms with van der Waals surface area (Å²) in [5, 5.41) is 3.46. The van der Waals surface area contributed by atoms with Crippen LogP contribution in [-0.2, 0) is 4.74 Å². The van der Waals surface area contributed by atoms with Gasteiger partial charge in [-0.25, -0.2) is 4.39 Å². The van der Waals surface area contributed by atoms with Gasteiger partial charge in [0, 0.05) is 22.5 Å². The van der Waals surface area contributed by atoms with Crippen molar-refractivity contribution in [3.05, 3.63) is 28.5 Å². The number of anilines is 1. The molecule has 1 spiro atoms. The Hall–Kier alpha value is -0.610. The van der Waals surface area contributed by atoms with Crippen molar-refractivity contribution in [2.75, 3.05) is 11.9 Å². The second kappa shape index (κ2) is 6.25. The molecule has 0 amide bonds. The molecule has 4 heteroatoms. The third-order valence-electron chi connectivity index (χ3n) is 5.22. The Morgan fingerprint density at radius 1 is 1.33 bits per heavy atom. The summed E-state index contributed by atoms with van der Waals surface area (Å²) < 4.78 is 20.8. The Morgan fingerprint density at radius 3 is 2.76 bits per heavy atom. The van der Waals surface area contributed by atoms with Gasteiger partial charge < -0.3 is 10.1 Å². The van der Waals surface area contributed by atoms with Crippen molar-refractivity contribution in [3.63, 3.8) is 0 Å². The highest BCUT2D eigenvalue weighted by atomic mass is 79.9. The standard InChI is InChI=1S/C17H23BrFNO/c1-2-21-15-11-14(17(15)9-4-3-5-10-17)20-16-12(18)7-6-8-13(16)19/h6-8,14-15,20H,2-5,9-11H2,1H3. The predicted molar refractivity (Wildman–Crippen MR) is 87.1 cm³/mol. The maximum atomic E-state index is 14.0. The van der Waals surface area contributed by atoms with Gasteiger partial charge in [0.1, 0.15) is 5.82 Å². The summed E-state index contributed by atoms with van der Waals surface area (Å²) in [7, 11) is 0. The number of nitrogens with one attached hydrogen (secondary N) is 1. The third-order valence-corrected chi connectivity index (χ3v) is 5.88. The molecule has 116 valence electrons. The second-order valence-corrected chi connectivity index (χ2v) is 7.12. The highest BCUT2D eigenvalue weighted by molar-refractivity contribution is 9.10. The van der Waals surface area contributed by atoms with Crippen LogP contribution in [0.25, 0.3) is 0 Å². The quantitative estimate of drug-likeness (QED) is 0.808. The molecule has 2 atom stereocenters. The first-order valence-electron chi connectivity index (χ1n) is 7.99. The van der Waals surface area contributed by atoms with Gasteiger partial charge in [0.25, 0.3) is 0 Å². The van der Waals surface area contributed by atoms with E-state index in [2.05, 4.69) is 28.2 Å². The minimum absolute atomic E-state index is 0.185. The monoisotopic (exact) mass is 355 g/mol. The third kappa shape index (κ3) is 2.72. The van der Waals surface area contributed by atoms with Gasteiger partial charge in [0.05, 0.1) is 11.8 Å². The van der Waals surface area contributed by atoms with Crippen LogP contribution >= 0.6 is 15.9 Å². The zero-order chi connectivity index (χ0) is 14.9. The van der Waals surface area contributed by atoms with Crippen molar-refractivity contribution in [2.45, 2.75) is 57.6 Å². The summed E-state index contributed by atoms with van der Waals surface area (Å²) in [5.41, 5.74) is 0.804. The van der Waals surface area contributed by atoms with Gasteiger partial charge in [-0.05, 0) is 54.2 Å². The lowest BCUT2D eigenvalue weighted by atomic mass is 9.55. The van der Waals surface area contributed by atoms with Crippen molar-refractivity contribution < 1.29 is 9.13 Å². The molecule has 0 radical (unpaired) electrons. The maximum Gasteiger partial charge on any atom is 0.147 e. The molecule has 3 rings (SSSR count). The molecule has 0 heterocycles. The molecule has 1 N–H and O–H groups in total. The summed E-state index contributed by atoms with van der Waals surface area (Å²) in [4.78, 5) is 0. The molecule has 2 nitrogen and oxygen atoms in total. The second-order valence-electron chi connectivity index (χ2n) is 6.27. The molecule has 21 heavy (non-hydrogen) atoms. The fourth-order valence-electron chi connectivity index (χ4n) is 4.08. The van der Waals surface area contributed by atoms with E-state index in [0.717, 1.165) is 17.5 Å². The van der Waals surface area contributed by atoms with E-state index in [4.69, 9.17) is 4.74 Å². The van der Waals surface area contributed by atoms with Gasteiger partial charge in [-0.15, -0.1) is 0 Å². The maximum absolute atomic E-state index is 14.0. The molecule has 2 aliphatic carbocycles. The number of hydrogen-bond acceptors (Lipinski definition) is 2. The van der Waals surface area contributed by atoms with Gasteiger partial charge in [-0.3, -0.25) is 0 Å². The Balaban J connectivity index is 1.79. The van der Waals surface area contributed by atoms with Crippen LogP contribution in [0, 0.1) is 11.2 Å². The largest absolute Gasteiger partial charge is 0.378 e.